The molecule has 2 amide bonds. The highest BCUT2D eigenvalue weighted by Gasteiger charge is 2.20. The number of benzene rings is 3. The highest BCUT2D eigenvalue weighted by molar-refractivity contribution is 6.01. The number of hydrogen-bond acceptors (Lipinski definition) is 3. The van der Waals surface area contributed by atoms with E-state index in [0.717, 1.165) is 22.4 Å². The van der Waals surface area contributed by atoms with Crippen LogP contribution in [0.2, 0.25) is 0 Å². The zero-order valence-electron chi connectivity index (χ0n) is 17.8. The molecule has 6 heteroatoms. The average Bonchev–Trinajstić information content (AvgIpc) is 3.28. The summed E-state index contributed by atoms with van der Waals surface area (Å²) >= 11 is 0. The van der Waals surface area contributed by atoms with Crippen molar-refractivity contribution in [1.82, 2.24) is 20.4 Å². The summed E-state index contributed by atoms with van der Waals surface area (Å²) in [6.45, 7) is 2.28. The normalized spacial score (nSPS) is 10.5. The van der Waals surface area contributed by atoms with Gasteiger partial charge in [-0.25, -0.2) is 4.68 Å². The second-order valence-corrected chi connectivity index (χ2v) is 7.43. The van der Waals surface area contributed by atoms with Crippen LogP contribution in [0.4, 0.5) is 0 Å². The quantitative estimate of drug-likeness (QED) is 0.473. The van der Waals surface area contributed by atoms with E-state index in [0.29, 0.717) is 17.8 Å². The zero-order chi connectivity index (χ0) is 22.3. The fourth-order valence-electron chi connectivity index (χ4n) is 3.41. The van der Waals surface area contributed by atoms with Crippen LogP contribution in [0.5, 0.6) is 0 Å². The van der Waals surface area contributed by atoms with Crippen molar-refractivity contribution < 1.29 is 9.59 Å². The summed E-state index contributed by atoms with van der Waals surface area (Å²) < 4.78 is 1.69. The molecule has 0 spiro atoms. The second kappa shape index (κ2) is 9.75. The van der Waals surface area contributed by atoms with Crippen molar-refractivity contribution in [3.05, 3.63) is 108 Å². The van der Waals surface area contributed by atoms with Gasteiger partial charge in [-0.15, -0.1) is 0 Å². The summed E-state index contributed by atoms with van der Waals surface area (Å²) in [4.78, 5) is 25.3. The molecule has 0 radical (unpaired) electrons. The molecule has 0 atom stereocenters. The molecule has 1 aromatic heterocycles. The minimum Gasteiger partial charge on any atom is -0.350 e. The largest absolute Gasteiger partial charge is 0.350 e. The maximum Gasteiger partial charge on any atom is 0.255 e. The van der Waals surface area contributed by atoms with E-state index >= 15 is 0 Å². The Morgan fingerprint density at radius 2 is 1.50 bits per heavy atom. The smallest absolute Gasteiger partial charge is 0.255 e. The van der Waals surface area contributed by atoms with Crippen molar-refractivity contribution in [3.63, 3.8) is 0 Å². The van der Waals surface area contributed by atoms with Crippen molar-refractivity contribution >= 4 is 11.8 Å². The predicted molar refractivity (Wildman–Crippen MR) is 124 cm³/mol. The topological polar surface area (TPSA) is 76.0 Å². The zero-order valence-corrected chi connectivity index (χ0v) is 17.8. The molecule has 3 aromatic carbocycles. The molecule has 4 aromatic rings. The van der Waals surface area contributed by atoms with Gasteiger partial charge >= 0.3 is 0 Å². The Balaban J connectivity index is 1.52. The van der Waals surface area contributed by atoms with E-state index in [1.165, 1.54) is 0 Å². The number of carbonyl (C=O) groups is 2. The summed E-state index contributed by atoms with van der Waals surface area (Å²) in [7, 11) is 0. The van der Waals surface area contributed by atoms with Crippen molar-refractivity contribution in [2.75, 3.05) is 6.54 Å². The molecule has 6 nitrogen and oxygen atoms in total. The summed E-state index contributed by atoms with van der Waals surface area (Å²) in [6.07, 6.45) is 1.70. The van der Waals surface area contributed by atoms with Gasteiger partial charge < -0.3 is 10.6 Å². The maximum absolute atomic E-state index is 13.0. The van der Waals surface area contributed by atoms with Crippen LogP contribution in [0.25, 0.3) is 16.9 Å². The van der Waals surface area contributed by atoms with Gasteiger partial charge in [-0.1, -0.05) is 72.8 Å². The molecule has 32 heavy (non-hydrogen) atoms. The fraction of sp³-hybridized carbons (Fsp3) is 0.115. The molecular weight excluding hydrogens is 400 g/mol. The van der Waals surface area contributed by atoms with Gasteiger partial charge in [0.05, 0.1) is 17.8 Å². The van der Waals surface area contributed by atoms with Gasteiger partial charge in [-0.05, 0) is 30.2 Å². The molecule has 0 fully saturated rings. The van der Waals surface area contributed by atoms with Gasteiger partial charge in [0.15, 0.2) is 0 Å². The van der Waals surface area contributed by atoms with Crippen molar-refractivity contribution in [1.29, 1.82) is 0 Å². The molecule has 0 aliphatic rings. The van der Waals surface area contributed by atoms with Crippen LogP contribution < -0.4 is 10.6 Å². The maximum atomic E-state index is 13.0. The Hall–Kier alpha value is -4.19. The van der Waals surface area contributed by atoms with E-state index in [1.807, 2.05) is 91.9 Å². The molecule has 0 unspecified atom stereocenters. The van der Waals surface area contributed by atoms with Crippen LogP contribution in [-0.4, -0.2) is 28.1 Å². The molecule has 0 saturated heterocycles. The first kappa shape index (κ1) is 21.1. The number of para-hydroxylation sites is 1. The van der Waals surface area contributed by atoms with Crippen molar-refractivity contribution in [3.8, 4) is 16.9 Å². The lowest BCUT2D eigenvalue weighted by Gasteiger charge is -2.08. The third-order valence-electron chi connectivity index (χ3n) is 5.12. The Morgan fingerprint density at radius 1 is 0.844 bits per heavy atom. The second-order valence-electron chi connectivity index (χ2n) is 7.43. The molecule has 1 heterocycles. The Kier molecular flexibility index (Phi) is 6.41. The van der Waals surface area contributed by atoms with E-state index in [4.69, 9.17) is 5.10 Å². The van der Waals surface area contributed by atoms with E-state index in [9.17, 15) is 9.59 Å². The molecule has 0 aliphatic carbocycles. The van der Waals surface area contributed by atoms with Gasteiger partial charge in [0.2, 0.25) is 5.91 Å². The van der Waals surface area contributed by atoms with Crippen LogP contribution in [0.3, 0.4) is 0 Å². The lowest BCUT2D eigenvalue weighted by molar-refractivity contribution is -0.120. The number of hydrogen-bond donors (Lipinski definition) is 2. The number of rotatable bonds is 7. The van der Waals surface area contributed by atoms with E-state index in [1.54, 1.807) is 10.9 Å². The number of aryl methyl sites for hydroxylation is 1. The van der Waals surface area contributed by atoms with E-state index in [2.05, 4.69) is 10.6 Å². The first-order chi connectivity index (χ1) is 15.6. The monoisotopic (exact) mass is 424 g/mol. The Morgan fingerprint density at radius 3 is 2.22 bits per heavy atom. The average molecular weight is 425 g/mol. The van der Waals surface area contributed by atoms with Gasteiger partial charge in [0, 0.05) is 18.3 Å². The van der Waals surface area contributed by atoms with Crippen LogP contribution in [0.1, 0.15) is 21.5 Å². The molecular formula is C26H24N4O2. The third kappa shape index (κ3) is 4.92. The SMILES string of the molecule is Cc1ccccc1-c1nn(-c2ccccc2)cc1C(=O)NCC(=O)NCc1ccccc1. The fourth-order valence-corrected chi connectivity index (χ4v) is 3.41. The molecule has 160 valence electrons. The van der Waals surface area contributed by atoms with Gasteiger partial charge in [0.25, 0.3) is 5.91 Å². The van der Waals surface area contributed by atoms with Gasteiger partial charge in [-0.2, -0.15) is 5.10 Å². The number of nitrogens with one attached hydrogen (secondary N) is 2. The first-order valence-corrected chi connectivity index (χ1v) is 10.4. The van der Waals surface area contributed by atoms with Gasteiger partial charge in [-0.3, -0.25) is 9.59 Å². The molecule has 0 saturated carbocycles. The van der Waals surface area contributed by atoms with Crippen molar-refractivity contribution in [2.24, 2.45) is 0 Å². The Bertz CT molecular complexity index is 1220. The summed E-state index contributed by atoms with van der Waals surface area (Å²) in [6, 6.07) is 27.0. The van der Waals surface area contributed by atoms with Crippen LogP contribution in [0, 0.1) is 6.92 Å². The predicted octanol–water partition coefficient (Wildman–Crippen LogP) is 3.89. The first-order valence-electron chi connectivity index (χ1n) is 10.4. The molecule has 0 aliphatic heterocycles. The van der Waals surface area contributed by atoms with E-state index in [-0.39, 0.29) is 18.4 Å². The molecule has 0 bridgehead atoms. The van der Waals surface area contributed by atoms with Crippen molar-refractivity contribution in [2.45, 2.75) is 13.5 Å². The Labute approximate surface area is 186 Å². The molecule has 4 rings (SSSR count). The van der Waals surface area contributed by atoms with Crippen LogP contribution >= 0.6 is 0 Å². The number of nitrogens with zero attached hydrogens (tertiary/aromatic N) is 2. The highest BCUT2D eigenvalue weighted by Crippen LogP contribution is 2.26. The summed E-state index contributed by atoms with van der Waals surface area (Å²) in [5.74, 6) is -0.601. The van der Waals surface area contributed by atoms with Crippen LogP contribution in [-0.2, 0) is 11.3 Å². The number of aromatic nitrogens is 2. The van der Waals surface area contributed by atoms with E-state index < -0.39 is 0 Å². The lowest BCUT2D eigenvalue weighted by atomic mass is 10.0. The van der Waals surface area contributed by atoms with Crippen LogP contribution in [0.15, 0.2) is 91.1 Å². The minimum absolute atomic E-state index is 0.116. The summed E-state index contributed by atoms with van der Waals surface area (Å²) in [5, 5.41) is 10.2. The lowest BCUT2D eigenvalue weighted by Crippen LogP contribution is -2.36. The number of carbonyl (C=O) groups excluding carboxylic acids is 2. The molecule has 2 N–H and O–H groups in total. The highest BCUT2D eigenvalue weighted by atomic mass is 16.2. The summed E-state index contributed by atoms with van der Waals surface area (Å²) in [5.41, 5.74) is 4.73. The minimum atomic E-state index is -0.347. The van der Waals surface area contributed by atoms with Gasteiger partial charge in [0.1, 0.15) is 5.69 Å². The third-order valence-corrected chi connectivity index (χ3v) is 5.12. The number of amides is 2. The standard InChI is InChI=1S/C26H24N4O2/c1-19-10-8-9-15-22(19)25-23(18-30(29-25)21-13-6-3-7-14-21)26(32)28-17-24(31)27-16-20-11-4-2-5-12-20/h2-15,18H,16-17H2,1H3,(H,27,31)(H,28,32).